The molecule has 97 heavy (non-hydrogen) atoms. The van der Waals surface area contributed by atoms with Crippen LogP contribution in [0, 0.1) is 0 Å². The molecule has 0 aromatic heterocycles. The molecule has 4 rings (SSSR count). The van der Waals surface area contributed by atoms with Gasteiger partial charge in [0.2, 0.25) is 0 Å². The molecule has 0 bridgehead atoms. The Labute approximate surface area is 542 Å². The third-order valence-electron chi connectivity index (χ3n) is 10.9. The molecule has 73 heteroatoms. The van der Waals surface area contributed by atoms with E-state index in [-0.39, 0.29) is 0 Å². The van der Waals surface area contributed by atoms with Crippen molar-refractivity contribution in [1.82, 2.24) is 0 Å². The van der Waals surface area contributed by atoms with Gasteiger partial charge < -0.3 is 38.3 Å². The van der Waals surface area contributed by atoms with E-state index in [0.717, 1.165) is 0 Å². The fourth-order valence-corrected chi connectivity index (χ4v) is 13.9. The van der Waals surface area contributed by atoms with E-state index in [1.165, 1.54) is 0 Å². The minimum atomic E-state index is -6.80. The summed E-state index contributed by atoms with van der Waals surface area (Å²) < 4.78 is 534. The Kier molecular flexibility index (Phi) is 28.6. The predicted molar refractivity (Wildman–Crippen MR) is 269 cm³/mol. The highest BCUT2D eigenvalue weighted by Gasteiger charge is 2.63. The van der Waals surface area contributed by atoms with Gasteiger partial charge in [-0.15, -0.1) is 0 Å². The lowest BCUT2D eigenvalue weighted by molar-refractivity contribution is -0.381. The quantitative estimate of drug-likeness (QED) is 0.0259. The van der Waals surface area contributed by atoms with Gasteiger partial charge in [-0.2, -0.15) is 109 Å². The van der Waals surface area contributed by atoms with E-state index in [1.807, 2.05) is 0 Å². The third-order valence-corrected chi connectivity index (χ3v) is 16.8. The number of ether oxygens (including phenoxy) is 7. The molecular weight excluding hydrogens is 1670 g/mol. The lowest BCUT2D eigenvalue weighted by atomic mass is 9.95. The largest absolute Gasteiger partial charge is 0.397 e. The van der Waals surface area contributed by atoms with Gasteiger partial charge >= 0.3 is 135 Å². The molecule has 0 aromatic rings. The second-order valence-corrected chi connectivity index (χ2v) is 31.5. The number of aliphatic hydroxyl groups excluding tert-OH is 1. The van der Waals surface area contributed by atoms with E-state index in [0.29, 0.717) is 0 Å². The molecule has 2 unspecified atom stereocenters. The predicted octanol–water partition coefficient (Wildman–Crippen LogP) is -12.0. The van der Waals surface area contributed by atoms with Crippen LogP contribution in [0.2, 0.25) is 0 Å². The van der Waals surface area contributed by atoms with Crippen LogP contribution < -0.4 is 0 Å². The van der Waals surface area contributed by atoms with Crippen molar-refractivity contribution >= 4 is 135 Å². The molecule has 4 fully saturated rings. The minimum Gasteiger partial charge on any atom is -0.366 e. The standard InChI is InChI=1S/C24H42O60S13/c25-21-17(15(80-93(50,51)52)11(77-90(41,42)43)6(69-21)2-66-86(29,30)31)75-24-19(83-96(59,60)61)14(79-92(47,48)49)9(5(70-24)1-65-85(26,27)28)73-22-18(82-95(56,57)58)13(10(76-89(38,39)40)7(71-22)3-67-87(32,33)34)74-23-20(84-97(62,63)64)16(81-94(53,54)55)12(78-91(44,45)46)8(72-23)4-68-88(35,36)37/h5-25H,1-4H2,(H,26,27,28)(H,29,30,31)(H,32,33,34)(H,35,36,37)(H,38,39,40)(H,41,42,43)(H,44,45,46)(H,47,48,49)(H,50,51,52)(H,53,54,55)(H,56,57,58)(H,59,60,61)(H,62,63,64)/t5-,6-,7-,8-,9-,10-,11-,12-,13+,14+,15+,16+,17+,18-,19-,20+,21?,22-,23-,24?/m1/s1. The summed E-state index contributed by atoms with van der Waals surface area (Å²) in [7, 11) is -83.2. The van der Waals surface area contributed by atoms with Crippen molar-refractivity contribution in [2.75, 3.05) is 26.4 Å². The molecule has 0 radical (unpaired) electrons. The topological polar surface area (TPSA) is 912 Å². The first-order valence-corrected chi connectivity index (χ1v) is 40.4. The first-order chi connectivity index (χ1) is 43.0. The molecule has 20 atom stereocenters. The Bertz CT molecular complexity index is 4320. The van der Waals surface area contributed by atoms with Crippen molar-refractivity contribution < 1.29 is 261 Å². The lowest BCUT2D eigenvalue weighted by Crippen LogP contribution is -2.69. The molecule has 576 valence electrons. The number of hydrogen-bond donors (Lipinski definition) is 14. The first-order valence-electron chi connectivity index (χ1n) is 22.7. The maximum atomic E-state index is 12.8. The van der Waals surface area contributed by atoms with Gasteiger partial charge in [-0.05, 0) is 0 Å². The maximum absolute atomic E-state index is 12.8. The Morgan fingerprint density at radius 2 is 0.381 bits per heavy atom. The molecule has 4 aliphatic heterocycles. The highest BCUT2D eigenvalue weighted by atomic mass is 32.3. The molecule has 0 spiro atoms. The normalized spacial score (nSPS) is 33.1. The van der Waals surface area contributed by atoms with Crippen molar-refractivity contribution in [3.63, 3.8) is 0 Å². The highest BCUT2D eigenvalue weighted by Crippen LogP contribution is 2.41. The van der Waals surface area contributed by atoms with Gasteiger partial charge in [0, 0.05) is 0 Å². The van der Waals surface area contributed by atoms with Gasteiger partial charge in [-0.3, -0.25) is 59.2 Å². The molecule has 4 saturated heterocycles. The van der Waals surface area contributed by atoms with Gasteiger partial charge in [0.05, 0.1) is 26.4 Å². The minimum absolute atomic E-state index is 1.95. The van der Waals surface area contributed by atoms with E-state index in [4.69, 9.17) is 37.7 Å². The fraction of sp³-hybridized carbons (Fsp3) is 1.00. The van der Waals surface area contributed by atoms with Gasteiger partial charge in [0.25, 0.3) is 0 Å². The second kappa shape index (κ2) is 31.8. The van der Waals surface area contributed by atoms with Crippen molar-refractivity contribution in [2.24, 2.45) is 0 Å². The Morgan fingerprint density at radius 1 is 0.206 bits per heavy atom. The SMILES string of the molecule is O=S(=O)(O)OC[C@H]1O[C@H](O[C@@H]2[C@@H](OS(=O)(=O)O)[C@@H](O[C@H]3[C@H](OS(=O)(=O)O)[C@@H](OS(=O)(=O)O)C(O[C@@H]4C(O)O[C@H](COS(=O)(=O)O)[C@@H](OS(=O)(=O)O)[C@@H]4OS(=O)(=O)O)O[C@@H]3COS(=O)(=O)O)O[C@H](COS(=O)(=O)O)[C@H]2OS(=O)(=O)O)[C@@H](OS(=O)(=O)O)[C@@H](OS(=O)(=O)O)[C@@H]1OS(=O)(=O)O. The molecule has 0 aliphatic carbocycles. The zero-order chi connectivity index (χ0) is 75.0. The van der Waals surface area contributed by atoms with Gasteiger partial charge in [0.1, 0.15) is 79.4 Å². The average Bonchev–Trinajstić information content (AvgIpc) is 0.757. The molecular formula is C24H42O60S13. The van der Waals surface area contributed by atoms with Crippen LogP contribution in [0.5, 0.6) is 0 Å². The molecule has 0 aromatic carbocycles. The summed E-state index contributed by atoms with van der Waals surface area (Å²) in [6.07, 6.45) is -72.1. The Hall–Kier alpha value is -2.01. The third kappa shape index (κ3) is 31.5. The van der Waals surface area contributed by atoms with Crippen molar-refractivity contribution in [2.45, 2.75) is 123 Å². The van der Waals surface area contributed by atoms with E-state index >= 15 is 0 Å². The first kappa shape index (κ1) is 87.4. The molecule has 4 aliphatic rings. The van der Waals surface area contributed by atoms with Crippen LogP contribution in [0.3, 0.4) is 0 Å². The second-order valence-electron chi connectivity index (χ2n) is 17.7. The summed E-state index contributed by atoms with van der Waals surface area (Å²) in [5.41, 5.74) is 0. The molecule has 0 saturated carbocycles. The zero-order valence-electron chi connectivity index (χ0n) is 44.7. The van der Waals surface area contributed by atoms with Crippen LogP contribution >= 0.6 is 0 Å². The highest BCUT2D eigenvalue weighted by molar-refractivity contribution is 7.83. The van der Waals surface area contributed by atoms with Crippen molar-refractivity contribution in [3.8, 4) is 0 Å². The van der Waals surface area contributed by atoms with Crippen LogP contribution in [-0.2, 0) is 223 Å². The fourth-order valence-electron chi connectivity index (χ4n) is 8.19. The molecule has 0 amide bonds. The summed E-state index contributed by atoms with van der Waals surface area (Å²) in [4.78, 5) is 0. The molecule has 4 heterocycles. The van der Waals surface area contributed by atoms with Crippen LogP contribution in [0.25, 0.3) is 0 Å². The summed E-state index contributed by atoms with van der Waals surface area (Å²) >= 11 is 0. The number of rotatable bonds is 36. The summed E-state index contributed by atoms with van der Waals surface area (Å²) in [6.45, 7) is -8.91. The smallest absolute Gasteiger partial charge is 0.366 e. The lowest BCUT2D eigenvalue weighted by Gasteiger charge is -2.50. The monoisotopic (exact) mass is 1710 g/mol. The van der Waals surface area contributed by atoms with Crippen molar-refractivity contribution in [3.05, 3.63) is 0 Å². The van der Waals surface area contributed by atoms with Gasteiger partial charge in [0.15, 0.2) is 43.5 Å². The maximum Gasteiger partial charge on any atom is 0.397 e. The average molecular weight is 1710 g/mol. The zero-order valence-corrected chi connectivity index (χ0v) is 55.3. The summed E-state index contributed by atoms with van der Waals surface area (Å²) in [5.74, 6) is 0. The van der Waals surface area contributed by atoms with Crippen molar-refractivity contribution in [1.29, 1.82) is 0 Å². The Balaban J connectivity index is 2.19. The molecule has 14 N–H and O–H groups in total. The Morgan fingerprint density at radius 3 is 0.639 bits per heavy atom. The van der Waals surface area contributed by atoms with E-state index in [2.05, 4.69) is 54.4 Å². The summed E-state index contributed by atoms with van der Waals surface area (Å²) in [6, 6.07) is 0. The van der Waals surface area contributed by atoms with E-state index in [9.17, 15) is 169 Å². The van der Waals surface area contributed by atoms with Crippen LogP contribution in [0.15, 0.2) is 0 Å². The number of hydrogen-bond acceptors (Lipinski definition) is 47. The molecule has 60 nitrogen and oxygen atoms in total. The number of aliphatic hydroxyl groups is 1. The van der Waals surface area contributed by atoms with E-state index < -0.39 is 284 Å². The van der Waals surface area contributed by atoms with Crippen LogP contribution in [0.4, 0.5) is 0 Å². The van der Waals surface area contributed by atoms with Crippen LogP contribution in [-0.4, -0.2) is 323 Å². The van der Waals surface area contributed by atoms with Crippen LogP contribution in [0.1, 0.15) is 0 Å². The summed E-state index contributed by atoms with van der Waals surface area (Å²) in [5, 5.41) is 11.1. The van der Waals surface area contributed by atoms with Gasteiger partial charge in [-0.1, -0.05) is 0 Å². The van der Waals surface area contributed by atoms with Gasteiger partial charge in [-0.25, -0.2) is 54.4 Å². The van der Waals surface area contributed by atoms with E-state index in [1.54, 1.807) is 0 Å².